The molecule has 3 aliphatic heterocycles. The molecule has 3 saturated heterocycles. The number of morpholine rings is 1. The van der Waals surface area contributed by atoms with Crippen molar-refractivity contribution in [2.45, 2.75) is 31.1 Å². The molecule has 0 aliphatic carbocycles. The highest BCUT2D eigenvalue weighted by atomic mass is 16.6. The Morgan fingerprint density at radius 1 is 1.08 bits per heavy atom. The highest BCUT2D eigenvalue weighted by Crippen LogP contribution is 2.34. The molecule has 0 bridgehead atoms. The third kappa shape index (κ3) is 4.00. The van der Waals surface area contributed by atoms with E-state index in [2.05, 4.69) is 9.80 Å². The number of ether oxygens (including phenoxy) is 3. The van der Waals surface area contributed by atoms with Crippen LogP contribution in [0.25, 0.3) is 0 Å². The molecule has 24 heavy (non-hydrogen) atoms. The van der Waals surface area contributed by atoms with Gasteiger partial charge in [-0.1, -0.05) is 0 Å². The van der Waals surface area contributed by atoms with Crippen LogP contribution < -0.4 is 0 Å². The van der Waals surface area contributed by atoms with Gasteiger partial charge in [0.05, 0.1) is 45.3 Å². The first kappa shape index (κ1) is 16.5. The first-order valence-electron chi connectivity index (χ1n) is 9.12. The van der Waals surface area contributed by atoms with Gasteiger partial charge in [-0.25, -0.2) is 0 Å². The van der Waals surface area contributed by atoms with Gasteiger partial charge in [0.25, 0.3) is 0 Å². The minimum absolute atomic E-state index is 0.153. The molecule has 1 aromatic heterocycles. The molecule has 2 atom stereocenters. The summed E-state index contributed by atoms with van der Waals surface area (Å²) in [5, 5.41) is 0. The van der Waals surface area contributed by atoms with E-state index in [9.17, 15) is 0 Å². The summed E-state index contributed by atoms with van der Waals surface area (Å²) in [5.41, 5.74) is -0.153. The predicted molar refractivity (Wildman–Crippen MR) is 88.9 cm³/mol. The Morgan fingerprint density at radius 2 is 1.92 bits per heavy atom. The van der Waals surface area contributed by atoms with Gasteiger partial charge in [-0.2, -0.15) is 0 Å². The molecule has 0 amide bonds. The van der Waals surface area contributed by atoms with Crippen LogP contribution in [-0.2, 0) is 20.8 Å². The van der Waals surface area contributed by atoms with Crippen molar-refractivity contribution in [1.29, 1.82) is 0 Å². The van der Waals surface area contributed by atoms with E-state index in [1.54, 1.807) is 6.26 Å². The van der Waals surface area contributed by atoms with Gasteiger partial charge in [0.15, 0.2) is 0 Å². The summed E-state index contributed by atoms with van der Waals surface area (Å²) in [6, 6.07) is 3.99. The van der Waals surface area contributed by atoms with Gasteiger partial charge in [-0.15, -0.1) is 0 Å². The summed E-state index contributed by atoms with van der Waals surface area (Å²) < 4.78 is 23.4. The van der Waals surface area contributed by atoms with Crippen LogP contribution in [0.3, 0.4) is 0 Å². The number of hydrogen-bond acceptors (Lipinski definition) is 6. The first-order valence-corrected chi connectivity index (χ1v) is 9.12. The summed E-state index contributed by atoms with van der Waals surface area (Å²) >= 11 is 0. The average Bonchev–Trinajstić information content (AvgIpc) is 3.18. The monoisotopic (exact) mass is 336 g/mol. The number of furan rings is 1. The molecular formula is C18H28N2O4. The largest absolute Gasteiger partial charge is 0.468 e. The number of rotatable bonds is 4. The van der Waals surface area contributed by atoms with Gasteiger partial charge < -0.3 is 18.6 Å². The fraction of sp³-hybridized carbons (Fsp3) is 0.778. The zero-order valence-corrected chi connectivity index (χ0v) is 14.3. The van der Waals surface area contributed by atoms with Gasteiger partial charge in [-0.05, 0) is 25.0 Å². The quantitative estimate of drug-likeness (QED) is 0.827. The maximum Gasteiger partial charge on any atom is 0.117 e. The Balaban J connectivity index is 1.34. The molecular weight excluding hydrogens is 308 g/mol. The average molecular weight is 336 g/mol. The molecule has 0 saturated carbocycles. The predicted octanol–water partition coefficient (Wildman–Crippen LogP) is 1.36. The SMILES string of the molecule is c1coc(CN2CCOC[C@@]3(CC[C@H](CN4CCOCC4)O3)C2)c1. The van der Waals surface area contributed by atoms with Crippen LogP contribution in [-0.4, -0.2) is 80.7 Å². The summed E-state index contributed by atoms with van der Waals surface area (Å²) in [7, 11) is 0. The van der Waals surface area contributed by atoms with E-state index in [4.69, 9.17) is 18.6 Å². The van der Waals surface area contributed by atoms with Crippen molar-refractivity contribution < 1.29 is 18.6 Å². The molecule has 6 heteroatoms. The maximum atomic E-state index is 6.54. The summed E-state index contributed by atoms with van der Waals surface area (Å²) in [6.45, 7) is 8.91. The zero-order valence-electron chi connectivity index (χ0n) is 14.3. The third-order valence-corrected chi connectivity index (χ3v) is 5.29. The van der Waals surface area contributed by atoms with Crippen molar-refractivity contribution in [3.63, 3.8) is 0 Å². The Labute approximate surface area is 143 Å². The third-order valence-electron chi connectivity index (χ3n) is 5.29. The zero-order chi connectivity index (χ0) is 16.2. The molecule has 0 aromatic carbocycles. The molecule has 3 fully saturated rings. The second-order valence-corrected chi connectivity index (χ2v) is 7.22. The van der Waals surface area contributed by atoms with E-state index in [0.29, 0.717) is 12.7 Å². The first-order chi connectivity index (χ1) is 11.8. The lowest BCUT2D eigenvalue weighted by atomic mass is 10.00. The fourth-order valence-electron chi connectivity index (χ4n) is 4.06. The maximum absolute atomic E-state index is 6.54. The van der Waals surface area contributed by atoms with Crippen molar-refractivity contribution in [3.8, 4) is 0 Å². The second-order valence-electron chi connectivity index (χ2n) is 7.22. The highest BCUT2D eigenvalue weighted by molar-refractivity contribution is 5.00. The van der Waals surface area contributed by atoms with Gasteiger partial charge in [0.1, 0.15) is 11.4 Å². The van der Waals surface area contributed by atoms with Crippen LogP contribution >= 0.6 is 0 Å². The minimum atomic E-state index is -0.153. The van der Waals surface area contributed by atoms with Crippen LogP contribution in [0.4, 0.5) is 0 Å². The van der Waals surface area contributed by atoms with Crippen molar-refractivity contribution in [2.24, 2.45) is 0 Å². The molecule has 0 N–H and O–H groups in total. The van der Waals surface area contributed by atoms with E-state index in [-0.39, 0.29) is 5.60 Å². The highest BCUT2D eigenvalue weighted by Gasteiger charge is 2.43. The number of hydrogen-bond donors (Lipinski definition) is 0. The smallest absolute Gasteiger partial charge is 0.117 e. The Morgan fingerprint density at radius 3 is 2.75 bits per heavy atom. The second kappa shape index (κ2) is 7.54. The van der Waals surface area contributed by atoms with Crippen LogP contribution in [0.5, 0.6) is 0 Å². The molecule has 3 aliphatic rings. The van der Waals surface area contributed by atoms with Gasteiger partial charge in [0, 0.05) is 32.7 Å². The van der Waals surface area contributed by atoms with Gasteiger partial charge in [0.2, 0.25) is 0 Å². The fourth-order valence-corrected chi connectivity index (χ4v) is 4.06. The standard InChI is InChI=1S/C18H28N2O4/c1-2-16(23-8-1)12-20-7-11-22-15-18(14-20)4-3-17(24-18)13-19-5-9-21-10-6-19/h1-2,8,17H,3-7,9-15H2/t17-,18-/m1/s1. The van der Waals surface area contributed by atoms with E-state index < -0.39 is 0 Å². The van der Waals surface area contributed by atoms with Gasteiger partial charge in [-0.3, -0.25) is 9.80 Å². The van der Waals surface area contributed by atoms with Crippen molar-refractivity contribution in [1.82, 2.24) is 9.80 Å². The van der Waals surface area contributed by atoms with E-state index in [1.165, 1.54) is 0 Å². The Bertz CT molecular complexity index is 503. The van der Waals surface area contributed by atoms with Crippen LogP contribution in [0, 0.1) is 0 Å². The summed E-state index contributed by atoms with van der Waals surface area (Å²) in [5.74, 6) is 1.01. The molecule has 6 nitrogen and oxygen atoms in total. The lowest BCUT2D eigenvalue weighted by molar-refractivity contribution is -0.0969. The van der Waals surface area contributed by atoms with Crippen molar-refractivity contribution >= 4 is 0 Å². The van der Waals surface area contributed by atoms with Crippen LogP contribution in [0.1, 0.15) is 18.6 Å². The Hall–Kier alpha value is -0.920. The lowest BCUT2D eigenvalue weighted by Crippen LogP contribution is -2.46. The molecule has 4 rings (SSSR count). The van der Waals surface area contributed by atoms with Crippen molar-refractivity contribution in [3.05, 3.63) is 24.2 Å². The van der Waals surface area contributed by atoms with Gasteiger partial charge >= 0.3 is 0 Å². The topological polar surface area (TPSA) is 47.3 Å². The van der Waals surface area contributed by atoms with E-state index in [1.807, 2.05) is 12.1 Å². The van der Waals surface area contributed by atoms with Crippen molar-refractivity contribution in [2.75, 3.05) is 59.2 Å². The minimum Gasteiger partial charge on any atom is -0.468 e. The molecule has 134 valence electrons. The molecule has 1 spiro atoms. The number of nitrogens with zero attached hydrogens (tertiary/aromatic N) is 2. The lowest BCUT2D eigenvalue weighted by Gasteiger charge is -2.33. The summed E-state index contributed by atoms with van der Waals surface area (Å²) in [4.78, 5) is 4.87. The molecule has 1 aromatic rings. The molecule has 4 heterocycles. The Kier molecular flexibility index (Phi) is 5.20. The van der Waals surface area contributed by atoms with E-state index >= 15 is 0 Å². The summed E-state index contributed by atoms with van der Waals surface area (Å²) in [6.07, 6.45) is 4.26. The normalized spacial score (nSPS) is 33.1. The van der Waals surface area contributed by atoms with Crippen LogP contribution in [0.2, 0.25) is 0 Å². The van der Waals surface area contributed by atoms with E-state index in [0.717, 1.165) is 77.7 Å². The molecule has 0 radical (unpaired) electrons. The molecule has 0 unspecified atom stereocenters. The van der Waals surface area contributed by atoms with Crippen LogP contribution in [0.15, 0.2) is 22.8 Å².